The van der Waals surface area contributed by atoms with Crippen molar-refractivity contribution in [3.8, 4) is 17.1 Å². The molecule has 1 aliphatic heterocycles. The number of hydrogen-bond acceptors (Lipinski definition) is 5. The second kappa shape index (κ2) is 6.99. The lowest BCUT2D eigenvalue weighted by molar-refractivity contribution is 0.193. The topological polar surface area (TPSA) is 70.7 Å². The van der Waals surface area contributed by atoms with Crippen LogP contribution in [0.2, 0.25) is 0 Å². The summed E-state index contributed by atoms with van der Waals surface area (Å²) in [5, 5.41) is 9.40. The fourth-order valence-electron chi connectivity index (χ4n) is 3.39. The number of rotatable bonds is 5. The first-order valence-corrected chi connectivity index (χ1v) is 9.17. The van der Waals surface area contributed by atoms with Gasteiger partial charge in [0.25, 0.3) is 0 Å². The molecule has 1 saturated heterocycles. The molecule has 0 aliphatic carbocycles. The Morgan fingerprint density at radius 3 is 2.88 bits per heavy atom. The van der Waals surface area contributed by atoms with Crippen molar-refractivity contribution in [2.45, 2.75) is 46.1 Å². The summed E-state index contributed by atoms with van der Waals surface area (Å²) in [5.41, 5.74) is 4.19. The van der Waals surface area contributed by atoms with Crippen molar-refractivity contribution in [1.29, 1.82) is 0 Å². The molecule has 0 amide bonds. The molecule has 136 valence electrons. The highest BCUT2D eigenvalue weighted by molar-refractivity contribution is 5.60. The van der Waals surface area contributed by atoms with Crippen molar-refractivity contribution in [3.63, 3.8) is 0 Å². The molecule has 0 saturated carbocycles. The maximum absolute atomic E-state index is 5.54. The first kappa shape index (κ1) is 16.9. The summed E-state index contributed by atoms with van der Waals surface area (Å²) in [5.74, 6) is 1.93. The van der Waals surface area contributed by atoms with Crippen molar-refractivity contribution in [2.75, 3.05) is 13.2 Å². The average Bonchev–Trinajstić information content (AvgIpc) is 3.36. The van der Waals surface area contributed by atoms with Gasteiger partial charge in [-0.1, -0.05) is 6.92 Å². The molecule has 0 spiro atoms. The van der Waals surface area contributed by atoms with E-state index in [1.165, 1.54) is 0 Å². The Hall–Kier alpha value is -2.54. The molecule has 3 aromatic heterocycles. The van der Waals surface area contributed by atoms with E-state index in [9.17, 15) is 0 Å². The molecule has 4 rings (SSSR count). The van der Waals surface area contributed by atoms with Gasteiger partial charge in [0, 0.05) is 37.2 Å². The summed E-state index contributed by atoms with van der Waals surface area (Å²) < 4.78 is 9.51. The molecule has 0 aromatic carbocycles. The number of aromatic nitrogens is 6. The van der Waals surface area contributed by atoms with E-state index in [0.29, 0.717) is 6.61 Å². The Morgan fingerprint density at radius 2 is 2.15 bits per heavy atom. The lowest BCUT2D eigenvalue weighted by Crippen LogP contribution is -2.05. The van der Waals surface area contributed by atoms with Gasteiger partial charge in [0.15, 0.2) is 11.6 Å². The molecule has 7 nitrogen and oxygen atoms in total. The van der Waals surface area contributed by atoms with Crippen LogP contribution in [-0.2, 0) is 11.3 Å². The fourth-order valence-corrected chi connectivity index (χ4v) is 3.39. The molecule has 1 atom stereocenters. The monoisotopic (exact) mass is 352 g/mol. The number of nitrogens with zero attached hydrogens (tertiary/aromatic N) is 6. The Bertz CT molecular complexity index is 907. The van der Waals surface area contributed by atoms with Gasteiger partial charge in [0.05, 0.1) is 24.1 Å². The lowest BCUT2D eigenvalue weighted by atomic mass is 10.1. The van der Waals surface area contributed by atoms with Crippen LogP contribution in [-0.4, -0.2) is 42.7 Å². The average molecular weight is 352 g/mol. The fraction of sp³-hybridized carbons (Fsp3) is 0.474. The van der Waals surface area contributed by atoms with Gasteiger partial charge in [-0.15, -0.1) is 0 Å². The maximum atomic E-state index is 5.54. The zero-order valence-electron chi connectivity index (χ0n) is 15.5. The molecule has 4 heterocycles. The highest BCUT2D eigenvalue weighted by atomic mass is 16.5. The Balaban J connectivity index is 1.86. The first-order chi connectivity index (χ1) is 12.7. The molecule has 7 heteroatoms. The second-order valence-corrected chi connectivity index (χ2v) is 6.79. The molecule has 26 heavy (non-hydrogen) atoms. The number of pyridine rings is 1. The van der Waals surface area contributed by atoms with E-state index < -0.39 is 0 Å². The van der Waals surface area contributed by atoms with Crippen molar-refractivity contribution in [1.82, 2.24) is 29.5 Å². The largest absolute Gasteiger partial charge is 0.381 e. The van der Waals surface area contributed by atoms with E-state index in [4.69, 9.17) is 14.8 Å². The van der Waals surface area contributed by atoms with E-state index in [-0.39, 0.29) is 5.92 Å². The molecule has 0 N–H and O–H groups in total. The highest BCUT2D eigenvalue weighted by Crippen LogP contribution is 2.29. The third kappa shape index (κ3) is 2.92. The van der Waals surface area contributed by atoms with Crippen LogP contribution in [0.1, 0.15) is 42.8 Å². The van der Waals surface area contributed by atoms with Gasteiger partial charge in [0.2, 0.25) is 0 Å². The van der Waals surface area contributed by atoms with Crippen LogP contribution in [0.25, 0.3) is 17.1 Å². The van der Waals surface area contributed by atoms with E-state index in [0.717, 1.165) is 60.2 Å². The molecular formula is C19H24N6O. The van der Waals surface area contributed by atoms with Crippen LogP contribution in [0.15, 0.2) is 24.7 Å². The van der Waals surface area contributed by atoms with Crippen LogP contribution in [0.3, 0.4) is 0 Å². The SMILES string of the molecule is CCCn1ncc(-c2nc([C@@H]3CCOC3)nn2-c2ccncc2C)c1C. The predicted molar refractivity (Wildman–Crippen MR) is 98.3 cm³/mol. The smallest absolute Gasteiger partial charge is 0.166 e. The van der Waals surface area contributed by atoms with Crippen LogP contribution in [0.5, 0.6) is 0 Å². The lowest BCUT2D eigenvalue weighted by Gasteiger charge is -2.08. The Kier molecular flexibility index (Phi) is 4.55. The quantitative estimate of drug-likeness (QED) is 0.706. The van der Waals surface area contributed by atoms with Crippen molar-refractivity contribution >= 4 is 0 Å². The summed E-state index contributed by atoms with van der Waals surface area (Å²) >= 11 is 0. The summed E-state index contributed by atoms with van der Waals surface area (Å²) in [6, 6.07) is 1.98. The summed E-state index contributed by atoms with van der Waals surface area (Å²) in [4.78, 5) is 9.12. The standard InChI is InChI=1S/C19H24N6O/c1-4-8-24-14(3)16(11-21-24)19-22-18(15-6-9-26-12-15)23-25(19)17-5-7-20-10-13(17)2/h5,7,10-11,15H,4,6,8-9,12H2,1-3H3/t15-/m1/s1. The van der Waals surface area contributed by atoms with Crippen LogP contribution in [0.4, 0.5) is 0 Å². The minimum absolute atomic E-state index is 0.253. The second-order valence-electron chi connectivity index (χ2n) is 6.79. The van der Waals surface area contributed by atoms with Gasteiger partial charge in [0.1, 0.15) is 0 Å². The molecule has 0 radical (unpaired) electrons. The van der Waals surface area contributed by atoms with Crippen LogP contribution < -0.4 is 0 Å². The molecule has 1 fully saturated rings. The van der Waals surface area contributed by atoms with Gasteiger partial charge < -0.3 is 4.74 Å². The molecule has 1 aliphatic rings. The van der Waals surface area contributed by atoms with Crippen molar-refractivity contribution in [3.05, 3.63) is 41.7 Å². The third-order valence-corrected chi connectivity index (χ3v) is 4.92. The predicted octanol–water partition coefficient (Wildman–Crippen LogP) is 3.06. The van der Waals surface area contributed by atoms with Gasteiger partial charge in [-0.2, -0.15) is 10.2 Å². The van der Waals surface area contributed by atoms with E-state index >= 15 is 0 Å². The summed E-state index contributed by atoms with van der Waals surface area (Å²) in [6.45, 7) is 8.65. The van der Waals surface area contributed by atoms with Crippen LogP contribution >= 0.6 is 0 Å². The van der Waals surface area contributed by atoms with Gasteiger partial charge in [-0.25, -0.2) is 9.67 Å². The highest BCUT2D eigenvalue weighted by Gasteiger charge is 2.26. The van der Waals surface area contributed by atoms with Gasteiger partial charge >= 0.3 is 0 Å². The summed E-state index contributed by atoms with van der Waals surface area (Å²) in [7, 11) is 0. The third-order valence-electron chi connectivity index (χ3n) is 4.92. The number of hydrogen-bond donors (Lipinski definition) is 0. The van der Waals surface area contributed by atoms with Crippen molar-refractivity contribution in [2.24, 2.45) is 0 Å². The zero-order valence-corrected chi connectivity index (χ0v) is 15.5. The van der Waals surface area contributed by atoms with E-state index in [1.807, 2.05) is 34.7 Å². The molecule has 3 aromatic rings. The van der Waals surface area contributed by atoms with Crippen molar-refractivity contribution < 1.29 is 4.74 Å². The van der Waals surface area contributed by atoms with E-state index in [1.54, 1.807) is 6.20 Å². The first-order valence-electron chi connectivity index (χ1n) is 9.17. The van der Waals surface area contributed by atoms with E-state index in [2.05, 4.69) is 23.9 Å². The molecular weight excluding hydrogens is 328 g/mol. The minimum atomic E-state index is 0.253. The minimum Gasteiger partial charge on any atom is -0.381 e. The Morgan fingerprint density at radius 1 is 1.27 bits per heavy atom. The number of aryl methyl sites for hydroxylation is 2. The van der Waals surface area contributed by atoms with Gasteiger partial charge in [-0.05, 0) is 38.3 Å². The zero-order chi connectivity index (χ0) is 18.1. The normalized spacial score (nSPS) is 17.1. The van der Waals surface area contributed by atoms with Crippen LogP contribution in [0, 0.1) is 13.8 Å². The Labute approximate surface area is 153 Å². The van der Waals surface area contributed by atoms with Gasteiger partial charge in [-0.3, -0.25) is 9.67 Å². The molecule has 0 unspecified atom stereocenters. The summed E-state index contributed by atoms with van der Waals surface area (Å²) in [6.07, 6.45) is 7.55. The maximum Gasteiger partial charge on any atom is 0.166 e. The molecule has 0 bridgehead atoms. The number of ether oxygens (including phenoxy) is 1.